The van der Waals surface area contributed by atoms with Gasteiger partial charge in [-0.15, -0.1) is 11.8 Å². The minimum absolute atomic E-state index is 0.313. The van der Waals surface area contributed by atoms with Crippen molar-refractivity contribution in [2.75, 3.05) is 18.2 Å². The highest BCUT2D eigenvalue weighted by Crippen LogP contribution is 2.25. The van der Waals surface area contributed by atoms with Gasteiger partial charge in [0.05, 0.1) is 10.6 Å². The maximum Gasteiger partial charge on any atom is 0.345 e. The fraction of sp³-hybridized carbons (Fsp3) is 0.125. The van der Waals surface area contributed by atoms with E-state index >= 15 is 0 Å². The maximum absolute atomic E-state index is 13.5. The van der Waals surface area contributed by atoms with Crippen molar-refractivity contribution >= 4 is 35.0 Å². The van der Waals surface area contributed by atoms with Gasteiger partial charge in [-0.2, -0.15) is 0 Å². The molecule has 2 rings (SSSR count). The van der Waals surface area contributed by atoms with E-state index in [1.165, 1.54) is 23.9 Å². The number of nitro benzene ring substituents is 1. The van der Waals surface area contributed by atoms with Crippen molar-refractivity contribution in [1.29, 1.82) is 0 Å². The number of rotatable bonds is 6. The summed E-state index contributed by atoms with van der Waals surface area (Å²) in [5.41, 5.74) is -1.20. The third-order valence-corrected chi connectivity index (χ3v) is 3.88. The highest BCUT2D eigenvalue weighted by atomic mass is 32.2. The first kappa shape index (κ1) is 19.3. The van der Waals surface area contributed by atoms with Crippen LogP contribution in [0, 0.1) is 21.7 Å². The van der Waals surface area contributed by atoms with Crippen LogP contribution in [0.3, 0.4) is 0 Å². The van der Waals surface area contributed by atoms with Crippen molar-refractivity contribution in [3.8, 4) is 0 Å². The van der Waals surface area contributed by atoms with E-state index in [0.717, 1.165) is 24.3 Å². The average Bonchev–Trinajstić information content (AvgIpc) is 2.62. The predicted molar refractivity (Wildman–Crippen MR) is 90.1 cm³/mol. The Hall–Kier alpha value is -3.01. The molecule has 0 spiro atoms. The molecule has 1 amide bonds. The van der Waals surface area contributed by atoms with E-state index in [1.54, 1.807) is 6.26 Å². The molecule has 2 aromatic rings. The van der Waals surface area contributed by atoms with Gasteiger partial charge < -0.3 is 10.1 Å². The number of anilines is 1. The normalized spacial score (nSPS) is 10.3. The molecule has 0 fully saturated rings. The number of amides is 1. The Morgan fingerprint density at radius 3 is 2.62 bits per heavy atom. The highest BCUT2D eigenvalue weighted by Gasteiger charge is 2.23. The molecule has 0 saturated carbocycles. The smallest absolute Gasteiger partial charge is 0.345 e. The summed E-state index contributed by atoms with van der Waals surface area (Å²) in [6.07, 6.45) is 1.72. The van der Waals surface area contributed by atoms with Gasteiger partial charge in [-0.25, -0.2) is 13.6 Å². The van der Waals surface area contributed by atoms with Crippen LogP contribution >= 0.6 is 11.8 Å². The number of nitro groups is 1. The zero-order chi connectivity index (χ0) is 19.3. The second kappa shape index (κ2) is 8.39. The minimum Gasteiger partial charge on any atom is -0.452 e. The molecule has 10 heteroatoms. The molecule has 0 radical (unpaired) electrons. The Bertz CT molecular complexity index is 876. The van der Waals surface area contributed by atoms with Gasteiger partial charge >= 0.3 is 5.97 Å². The molecule has 0 bridgehead atoms. The standard InChI is InChI=1S/C16H12F2N2O5S/c1-26-10-3-5-14(20(23)24)11(7-10)16(22)25-8-15(21)19-13-6-9(17)2-4-12(13)18/h2-7H,8H2,1H3,(H,19,21). The number of ether oxygens (including phenoxy) is 1. The fourth-order valence-electron chi connectivity index (χ4n) is 1.95. The van der Waals surface area contributed by atoms with Gasteiger partial charge in [0, 0.05) is 17.0 Å². The third kappa shape index (κ3) is 4.76. The van der Waals surface area contributed by atoms with Crippen LogP contribution in [0.2, 0.25) is 0 Å². The van der Waals surface area contributed by atoms with Crippen molar-refractivity contribution in [3.05, 3.63) is 63.7 Å². The lowest BCUT2D eigenvalue weighted by molar-refractivity contribution is -0.385. The van der Waals surface area contributed by atoms with Gasteiger partial charge in [0.2, 0.25) is 0 Å². The Labute approximate surface area is 150 Å². The topological polar surface area (TPSA) is 98.5 Å². The molecular formula is C16H12F2N2O5S. The quantitative estimate of drug-likeness (QED) is 0.356. The Morgan fingerprint density at radius 1 is 1.23 bits per heavy atom. The van der Waals surface area contributed by atoms with E-state index in [-0.39, 0.29) is 5.56 Å². The summed E-state index contributed by atoms with van der Waals surface area (Å²) in [5, 5.41) is 13.1. The predicted octanol–water partition coefficient (Wildman–Crippen LogP) is 3.39. The van der Waals surface area contributed by atoms with Crippen LogP contribution < -0.4 is 5.32 Å². The second-order valence-corrected chi connectivity index (χ2v) is 5.77. The van der Waals surface area contributed by atoms with Gasteiger partial charge in [0.25, 0.3) is 11.6 Å². The first-order valence-corrected chi connectivity index (χ1v) is 8.28. The van der Waals surface area contributed by atoms with Gasteiger partial charge in [0.1, 0.15) is 17.2 Å². The lowest BCUT2D eigenvalue weighted by Crippen LogP contribution is -2.22. The second-order valence-electron chi connectivity index (χ2n) is 4.89. The molecule has 136 valence electrons. The summed E-state index contributed by atoms with van der Waals surface area (Å²) in [6.45, 7) is -0.824. The molecule has 0 aliphatic rings. The number of hydrogen-bond donors (Lipinski definition) is 1. The largest absolute Gasteiger partial charge is 0.452 e. The molecule has 2 aromatic carbocycles. The zero-order valence-corrected chi connectivity index (χ0v) is 14.1. The van der Waals surface area contributed by atoms with Crippen molar-refractivity contribution in [1.82, 2.24) is 0 Å². The minimum atomic E-state index is -1.08. The lowest BCUT2D eigenvalue weighted by Gasteiger charge is -2.08. The first-order valence-electron chi connectivity index (χ1n) is 7.06. The van der Waals surface area contributed by atoms with E-state index in [1.807, 2.05) is 5.32 Å². The lowest BCUT2D eigenvalue weighted by atomic mass is 10.2. The number of nitrogens with zero attached hydrogens (tertiary/aromatic N) is 1. The number of benzene rings is 2. The molecule has 1 N–H and O–H groups in total. The number of esters is 1. The molecule has 0 saturated heterocycles. The van der Waals surface area contributed by atoms with Crippen molar-refractivity contribution in [2.24, 2.45) is 0 Å². The summed E-state index contributed by atoms with van der Waals surface area (Å²) in [7, 11) is 0. The monoisotopic (exact) mass is 382 g/mol. The summed E-state index contributed by atoms with van der Waals surface area (Å²) < 4.78 is 31.2. The third-order valence-electron chi connectivity index (χ3n) is 3.16. The van der Waals surface area contributed by atoms with Crippen LogP contribution in [0.4, 0.5) is 20.2 Å². The fourth-order valence-corrected chi connectivity index (χ4v) is 2.39. The number of carbonyl (C=O) groups is 2. The van der Waals surface area contributed by atoms with Gasteiger partial charge in [0.15, 0.2) is 6.61 Å². The SMILES string of the molecule is CSc1ccc([N+](=O)[O-])c(C(=O)OCC(=O)Nc2cc(F)ccc2F)c1. The van der Waals surface area contributed by atoms with Crippen LogP contribution in [0.15, 0.2) is 41.3 Å². The number of halogens is 2. The molecule has 0 atom stereocenters. The van der Waals surface area contributed by atoms with E-state index in [2.05, 4.69) is 0 Å². The summed E-state index contributed by atoms with van der Waals surface area (Å²) in [4.78, 5) is 34.7. The van der Waals surface area contributed by atoms with E-state index in [9.17, 15) is 28.5 Å². The Balaban J connectivity index is 2.07. The number of hydrogen-bond acceptors (Lipinski definition) is 6. The average molecular weight is 382 g/mol. The van der Waals surface area contributed by atoms with Crippen molar-refractivity contribution in [3.63, 3.8) is 0 Å². The molecule has 0 aliphatic heterocycles. The zero-order valence-electron chi connectivity index (χ0n) is 13.3. The van der Waals surface area contributed by atoms with Crippen LogP contribution in [-0.4, -0.2) is 29.7 Å². The van der Waals surface area contributed by atoms with Gasteiger partial charge in [-0.05, 0) is 30.5 Å². The molecule has 0 heterocycles. The molecule has 26 heavy (non-hydrogen) atoms. The number of thioether (sulfide) groups is 1. The molecule has 0 aliphatic carbocycles. The first-order chi connectivity index (χ1) is 12.3. The molecule has 0 aromatic heterocycles. The van der Waals surface area contributed by atoms with Crippen molar-refractivity contribution in [2.45, 2.75) is 4.90 Å². The van der Waals surface area contributed by atoms with Gasteiger partial charge in [-0.1, -0.05) is 0 Å². The highest BCUT2D eigenvalue weighted by molar-refractivity contribution is 7.98. The molecular weight excluding hydrogens is 370 g/mol. The summed E-state index contributed by atoms with van der Waals surface area (Å²) >= 11 is 1.26. The summed E-state index contributed by atoms with van der Waals surface area (Å²) in [5.74, 6) is -3.63. The number of nitrogens with one attached hydrogen (secondary N) is 1. The van der Waals surface area contributed by atoms with Crippen LogP contribution in [0.1, 0.15) is 10.4 Å². The van der Waals surface area contributed by atoms with E-state index in [0.29, 0.717) is 4.90 Å². The number of carbonyl (C=O) groups excluding carboxylic acids is 2. The summed E-state index contributed by atoms with van der Waals surface area (Å²) in [6, 6.07) is 6.37. The van der Waals surface area contributed by atoms with E-state index < -0.39 is 46.4 Å². The Morgan fingerprint density at radius 2 is 1.96 bits per heavy atom. The van der Waals surface area contributed by atoms with Gasteiger partial charge in [-0.3, -0.25) is 14.9 Å². The van der Waals surface area contributed by atoms with E-state index in [4.69, 9.17) is 4.74 Å². The van der Waals surface area contributed by atoms with Crippen LogP contribution in [-0.2, 0) is 9.53 Å². The van der Waals surface area contributed by atoms with Crippen LogP contribution in [0.25, 0.3) is 0 Å². The van der Waals surface area contributed by atoms with Crippen molar-refractivity contribution < 1.29 is 28.0 Å². The maximum atomic E-state index is 13.5. The molecule has 0 unspecified atom stereocenters. The van der Waals surface area contributed by atoms with Crippen LogP contribution in [0.5, 0.6) is 0 Å². The molecule has 7 nitrogen and oxygen atoms in total. The Kier molecular flexibility index (Phi) is 6.23.